The van der Waals surface area contributed by atoms with Crippen molar-refractivity contribution < 1.29 is 0 Å². The molecule has 1 heterocycles. The molecule has 0 bridgehead atoms. The van der Waals surface area contributed by atoms with Crippen LogP contribution >= 0.6 is 38.9 Å². The second-order valence-electron chi connectivity index (χ2n) is 4.71. The van der Waals surface area contributed by atoms with Crippen molar-refractivity contribution in [3.63, 3.8) is 0 Å². The SMILES string of the molecule is Cc1c(Br)cc2sc(-c3ccc(Cl)c(N)c3)nc2c1C. The molecule has 0 unspecified atom stereocenters. The molecule has 3 aromatic rings. The van der Waals surface area contributed by atoms with Gasteiger partial charge in [0.05, 0.1) is 20.9 Å². The number of halogens is 2. The van der Waals surface area contributed by atoms with Crippen molar-refractivity contribution in [3.8, 4) is 10.6 Å². The standard InChI is InChI=1S/C15H12BrClN2S/c1-7-8(2)14-13(6-10(7)16)20-15(19-14)9-3-4-11(17)12(18)5-9/h3-6H,18H2,1-2H3. The van der Waals surface area contributed by atoms with Crippen LogP contribution in [-0.2, 0) is 0 Å². The van der Waals surface area contributed by atoms with Crippen LogP contribution < -0.4 is 5.73 Å². The fourth-order valence-corrected chi connectivity index (χ4v) is 3.94. The Morgan fingerprint density at radius 3 is 2.65 bits per heavy atom. The van der Waals surface area contributed by atoms with E-state index in [-0.39, 0.29) is 0 Å². The van der Waals surface area contributed by atoms with Crippen molar-refractivity contribution in [2.24, 2.45) is 0 Å². The maximum Gasteiger partial charge on any atom is 0.124 e. The van der Waals surface area contributed by atoms with Crippen molar-refractivity contribution in [3.05, 3.63) is 44.9 Å². The Morgan fingerprint density at radius 1 is 1.20 bits per heavy atom. The zero-order valence-electron chi connectivity index (χ0n) is 11.0. The maximum atomic E-state index is 5.97. The number of hydrogen-bond acceptors (Lipinski definition) is 3. The molecule has 1 aromatic heterocycles. The van der Waals surface area contributed by atoms with E-state index in [0.717, 1.165) is 20.6 Å². The van der Waals surface area contributed by atoms with E-state index in [2.05, 4.69) is 35.8 Å². The fourth-order valence-electron chi connectivity index (χ4n) is 2.08. The molecule has 0 aliphatic rings. The molecule has 3 rings (SSSR count). The van der Waals surface area contributed by atoms with Crippen LogP contribution in [0.15, 0.2) is 28.7 Å². The summed E-state index contributed by atoms with van der Waals surface area (Å²) in [5, 5.41) is 1.54. The van der Waals surface area contributed by atoms with Gasteiger partial charge in [-0.1, -0.05) is 33.6 Å². The average molecular weight is 368 g/mol. The van der Waals surface area contributed by atoms with Gasteiger partial charge >= 0.3 is 0 Å². The van der Waals surface area contributed by atoms with Crippen molar-refractivity contribution in [1.29, 1.82) is 0 Å². The van der Waals surface area contributed by atoms with Crippen molar-refractivity contribution in [1.82, 2.24) is 4.98 Å². The van der Waals surface area contributed by atoms with Gasteiger partial charge in [0.2, 0.25) is 0 Å². The second kappa shape index (κ2) is 5.02. The Kier molecular flexibility index (Phi) is 3.48. The van der Waals surface area contributed by atoms with Crippen LogP contribution in [0, 0.1) is 13.8 Å². The number of benzene rings is 2. The first-order valence-electron chi connectivity index (χ1n) is 6.09. The highest BCUT2D eigenvalue weighted by Crippen LogP contribution is 2.36. The van der Waals surface area contributed by atoms with Crippen molar-refractivity contribution in [2.45, 2.75) is 13.8 Å². The molecule has 0 saturated carbocycles. The number of thiazole rings is 1. The Labute approximate surface area is 134 Å². The number of nitrogen functional groups attached to an aromatic ring is 1. The summed E-state index contributed by atoms with van der Waals surface area (Å²) in [5.41, 5.74) is 10.9. The first-order valence-corrected chi connectivity index (χ1v) is 8.07. The number of nitrogens with two attached hydrogens (primary N) is 1. The van der Waals surface area contributed by atoms with Gasteiger partial charge < -0.3 is 5.73 Å². The van der Waals surface area contributed by atoms with Gasteiger partial charge in [0.25, 0.3) is 0 Å². The topological polar surface area (TPSA) is 38.9 Å². The van der Waals surface area contributed by atoms with Crippen LogP contribution in [-0.4, -0.2) is 4.98 Å². The third-order valence-electron chi connectivity index (χ3n) is 3.43. The predicted molar refractivity (Wildman–Crippen MR) is 91.7 cm³/mol. The monoisotopic (exact) mass is 366 g/mol. The quantitative estimate of drug-likeness (QED) is 0.570. The molecular formula is C15H12BrClN2S. The van der Waals surface area contributed by atoms with E-state index in [1.54, 1.807) is 11.3 Å². The van der Waals surface area contributed by atoms with Crippen LogP contribution in [0.5, 0.6) is 0 Å². The van der Waals surface area contributed by atoms with E-state index in [1.807, 2.05) is 18.2 Å². The van der Waals surface area contributed by atoms with Crippen LogP contribution in [0.3, 0.4) is 0 Å². The van der Waals surface area contributed by atoms with Crippen LogP contribution in [0.1, 0.15) is 11.1 Å². The minimum absolute atomic E-state index is 0.574. The first kappa shape index (κ1) is 13.9. The Morgan fingerprint density at radius 2 is 1.95 bits per heavy atom. The van der Waals surface area contributed by atoms with Crippen molar-refractivity contribution >= 4 is 54.8 Å². The summed E-state index contributed by atoms with van der Waals surface area (Å²) < 4.78 is 2.29. The lowest BCUT2D eigenvalue weighted by Gasteiger charge is -2.02. The molecule has 2 N–H and O–H groups in total. The predicted octanol–water partition coefficient (Wildman–Crippen LogP) is 5.58. The number of nitrogens with zero attached hydrogens (tertiary/aromatic N) is 1. The van der Waals surface area contributed by atoms with Gasteiger partial charge in [-0.05, 0) is 43.2 Å². The minimum Gasteiger partial charge on any atom is -0.398 e. The summed E-state index contributed by atoms with van der Waals surface area (Å²) in [6, 6.07) is 7.76. The molecule has 0 saturated heterocycles. The third kappa shape index (κ3) is 2.22. The van der Waals surface area contributed by atoms with E-state index >= 15 is 0 Å². The number of anilines is 1. The smallest absolute Gasteiger partial charge is 0.124 e. The summed E-state index contributed by atoms with van der Waals surface area (Å²) in [4.78, 5) is 4.75. The number of rotatable bonds is 1. The molecule has 0 fully saturated rings. The maximum absolute atomic E-state index is 5.97. The van der Waals surface area contributed by atoms with Gasteiger partial charge in [0, 0.05) is 10.0 Å². The molecule has 0 radical (unpaired) electrons. The van der Waals surface area contributed by atoms with E-state index in [9.17, 15) is 0 Å². The van der Waals surface area contributed by atoms with Gasteiger partial charge in [0.1, 0.15) is 5.01 Å². The van der Waals surface area contributed by atoms with Gasteiger partial charge in [0.15, 0.2) is 0 Å². The van der Waals surface area contributed by atoms with Gasteiger partial charge in [-0.2, -0.15) is 0 Å². The first-order chi connectivity index (χ1) is 9.47. The molecule has 2 nitrogen and oxygen atoms in total. The normalized spacial score (nSPS) is 11.2. The molecule has 0 aliphatic carbocycles. The highest BCUT2D eigenvalue weighted by Gasteiger charge is 2.12. The van der Waals surface area contributed by atoms with Crippen LogP contribution in [0.4, 0.5) is 5.69 Å². The molecule has 2 aromatic carbocycles. The zero-order valence-corrected chi connectivity index (χ0v) is 14.2. The number of fused-ring (bicyclic) bond motifs is 1. The Balaban J connectivity index is 2.23. The number of hydrogen-bond donors (Lipinski definition) is 1. The highest BCUT2D eigenvalue weighted by atomic mass is 79.9. The summed E-state index contributed by atoms with van der Waals surface area (Å²) >= 11 is 11.2. The Hall–Kier alpha value is -1.10. The van der Waals surface area contributed by atoms with Crippen LogP contribution in [0.25, 0.3) is 20.8 Å². The summed E-state index contributed by atoms with van der Waals surface area (Å²) in [6.45, 7) is 4.19. The average Bonchev–Trinajstić information content (AvgIpc) is 2.83. The zero-order chi connectivity index (χ0) is 14.4. The lowest BCUT2D eigenvalue weighted by molar-refractivity contribution is 1.32. The van der Waals surface area contributed by atoms with Gasteiger partial charge in [-0.3, -0.25) is 0 Å². The van der Waals surface area contributed by atoms with E-state index in [1.165, 1.54) is 15.8 Å². The lowest BCUT2D eigenvalue weighted by Crippen LogP contribution is -1.87. The number of aryl methyl sites for hydroxylation is 1. The summed E-state index contributed by atoms with van der Waals surface area (Å²) in [5.74, 6) is 0. The Bertz CT molecular complexity index is 826. The van der Waals surface area contributed by atoms with Crippen LogP contribution in [0.2, 0.25) is 5.02 Å². The van der Waals surface area contributed by atoms with E-state index < -0.39 is 0 Å². The summed E-state index contributed by atoms with van der Waals surface area (Å²) in [6.07, 6.45) is 0. The molecular weight excluding hydrogens is 356 g/mol. The molecule has 102 valence electrons. The molecule has 0 amide bonds. The van der Waals surface area contributed by atoms with Gasteiger partial charge in [-0.25, -0.2) is 4.98 Å². The molecule has 20 heavy (non-hydrogen) atoms. The second-order valence-corrected chi connectivity index (χ2v) is 7.00. The molecule has 0 atom stereocenters. The molecule has 5 heteroatoms. The highest BCUT2D eigenvalue weighted by molar-refractivity contribution is 9.10. The largest absolute Gasteiger partial charge is 0.398 e. The van der Waals surface area contributed by atoms with E-state index in [4.69, 9.17) is 22.3 Å². The van der Waals surface area contributed by atoms with Crippen molar-refractivity contribution in [2.75, 3.05) is 5.73 Å². The fraction of sp³-hybridized carbons (Fsp3) is 0.133. The lowest BCUT2D eigenvalue weighted by atomic mass is 10.1. The minimum atomic E-state index is 0.574. The van der Waals surface area contributed by atoms with Gasteiger partial charge in [-0.15, -0.1) is 11.3 Å². The molecule has 0 aliphatic heterocycles. The number of aromatic nitrogens is 1. The molecule has 0 spiro atoms. The van der Waals surface area contributed by atoms with E-state index in [0.29, 0.717) is 10.7 Å². The third-order valence-corrected chi connectivity index (χ3v) is 5.65. The summed E-state index contributed by atoms with van der Waals surface area (Å²) in [7, 11) is 0.